The molecule has 18 heavy (non-hydrogen) atoms. The van der Waals surface area contributed by atoms with Crippen molar-refractivity contribution >= 4 is 15.9 Å². The lowest BCUT2D eigenvalue weighted by molar-refractivity contribution is -0.199. The maximum Gasteiger partial charge on any atom is 0.264 e. The zero-order valence-electron chi connectivity index (χ0n) is 11.2. The van der Waals surface area contributed by atoms with E-state index in [1.165, 1.54) is 5.06 Å². The number of carbonyl (C=O) groups is 1. The van der Waals surface area contributed by atoms with E-state index in [0.29, 0.717) is 19.6 Å². The molecule has 106 valence electrons. The zero-order valence-corrected chi connectivity index (χ0v) is 12.0. The molecule has 0 bridgehead atoms. The van der Waals surface area contributed by atoms with Crippen LogP contribution < -0.4 is 4.72 Å². The third-order valence-electron chi connectivity index (χ3n) is 2.61. The lowest BCUT2D eigenvalue weighted by atomic mass is 10.0. The van der Waals surface area contributed by atoms with Crippen LogP contribution in [-0.4, -0.2) is 44.8 Å². The van der Waals surface area contributed by atoms with Gasteiger partial charge >= 0.3 is 0 Å². The molecular weight excluding hydrogens is 256 g/mol. The SMILES string of the molecule is CC(C)CC(NS(C)(=O)=O)C(=O)N1CCCCO1. The van der Waals surface area contributed by atoms with E-state index in [2.05, 4.69) is 4.72 Å². The van der Waals surface area contributed by atoms with E-state index in [1.54, 1.807) is 0 Å². The highest BCUT2D eigenvalue weighted by molar-refractivity contribution is 7.88. The van der Waals surface area contributed by atoms with E-state index < -0.39 is 16.1 Å². The number of carbonyl (C=O) groups excluding carboxylic acids is 1. The molecule has 0 aliphatic carbocycles. The Hall–Kier alpha value is -0.660. The van der Waals surface area contributed by atoms with Crippen LogP contribution in [0.1, 0.15) is 33.1 Å². The van der Waals surface area contributed by atoms with Crippen LogP contribution in [0, 0.1) is 5.92 Å². The summed E-state index contributed by atoms with van der Waals surface area (Å²) in [6.07, 6.45) is 3.34. The molecule has 0 saturated carbocycles. The van der Waals surface area contributed by atoms with Gasteiger partial charge in [0.25, 0.3) is 5.91 Å². The quantitative estimate of drug-likeness (QED) is 0.795. The number of sulfonamides is 1. The summed E-state index contributed by atoms with van der Waals surface area (Å²) in [6, 6.07) is -0.738. The lowest BCUT2D eigenvalue weighted by Gasteiger charge is -2.30. The minimum Gasteiger partial charge on any atom is -0.271 e. The zero-order chi connectivity index (χ0) is 13.8. The topological polar surface area (TPSA) is 75.7 Å². The highest BCUT2D eigenvalue weighted by atomic mass is 32.2. The van der Waals surface area contributed by atoms with Crippen molar-refractivity contribution in [2.24, 2.45) is 5.92 Å². The summed E-state index contributed by atoms with van der Waals surface area (Å²) in [5, 5.41) is 1.29. The highest BCUT2D eigenvalue weighted by Gasteiger charge is 2.29. The molecule has 1 aliphatic rings. The molecule has 7 heteroatoms. The number of rotatable bonds is 5. The Kier molecular flexibility index (Phi) is 5.55. The predicted octanol–water partition coefficient (Wildman–Crippen LogP) is 0.504. The van der Waals surface area contributed by atoms with Gasteiger partial charge < -0.3 is 0 Å². The number of hydroxylamine groups is 2. The molecule has 0 spiro atoms. The molecule has 0 radical (unpaired) electrons. The van der Waals surface area contributed by atoms with E-state index in [4.69, 9.17) is 4.84 Å². The molecular formula is C11H22N2O4S. The van der Waals surface area contributed by atoms with Gasteiger partial charge in [-0.05, 0) is 25.2 Å². The van der Waals surface area contributed by atoms with Gasteiger partial charge in [-0.1, -0.05) is 13.8 Å². The van der Waals surface area contributed by atoms with Gasteiger partial charge in [0, 0.05) is 6.54 Å². The molecule has 1 N–H and O–H groups in total. The van der Waals surface area contributed by atoms with Crippen LogP contribution in [0.5, 0.6) is 0 Å². The van der Waals surface area contributed by atoms with Gasteiger partial charge in [0.2, 0.25) is 10.0 Å². The first-order chi connectivity index (χ1) is 8.29. The van der Waals surface area contributed by atoms with Gasteiger partial charge in [0.05, 0.1) is 12.9 Å². The van der Waals surface area contributed by atoms with Gasteiger partial charge in [-0.25, -0.2) is 18.2 Å². The fourth-order valence-corrected chi connectivity index (χ4v) is 2.59. The molecule has 1 unspecified atom stereocenters. The van der Waals surface area contributed by atoms with Crippen LogP contribution in [0.2, 0.25) is 0 Å². The van der Waals surface area contributed by atoms with Crippen molar-refractivity contribution in [2.45, 2.75) is 39.2 Å². The number of amides is 1. The molecule has 1 rings (SSSR count). The fourth-order valence-electron chi connectivity index (χ4n) is 1.87. The van der Waals surface area contributed by atoms with E-state index in [1.807, 2.05) is 13.8 Å². The number of hydrogen-bond donors (Lipinski definition) is 1. The number of nitrogens with zero attached hydrogens (tertiary/aromatic N) is 1. The maximum absolute atomic E-state index is 12.2. The van der Waals surface area contributed by atoms with E-state index in [-0.39, 0.29) is 11.8 Å². The van der Waals surface area contributed by atoms with Crippen molar-refractivity contribution in [1.82, 2.24) is 9.79 Å². The van der Waals surface area contributed by atoms with Gasteiger partial charge in [-0.15, -0.1) is 0 Å². The average Bonchev–Trinajstić information content (AvgIpc) is 2.26. The Bertz CT molecular complexity index is 375. The highest BCUT2D eigenvalue weighted by Crippen LogP contribution is 2.13. The Balaban J connectivity index is 2.71. The molecule has 1 aliphatic heterocycles. The Morgan fingerprint density at radius 2 is 2.06 bits per heavy atom. The van der Waals surface area contributed by atoms with Crippen molar-refractivity contribution < 1.29 is 18.0 Å². The molecule has 1 fully saturated rings. The second kappa shape index (κ2) is 6.49. The lowest BCUT2D eigenvalue weighted by Crippen LogP contribution is -2.50. The van der Waals surface area contributed by atoms with Crippen molar-refractivity contribution in [3.8, 4) is 0 Å². The second-order valence-corrected chi connectivity index (χ2v) is 6.83. The summed E-state index contributed by atoms with van der Waals surface area (Å²) in [4.78, 5) is 17.5. The predicted molar refractivity (Wildman–Crippen MR) is 68.1 cm³/mol. The van der Waals surface area contributed by atoms with E-state index in [9.17, 15) is 13.2 Å². The fraction of sp³-hybridized carbons (Fsp3) is 0.909. The number of hydrogen-bond acceptors (Lipinski definition) is 4. The van der Waals surface area contributed by atoms with E-state index >= 15 is 0 Å². The third-order valence-corrected chi connectivity index (χ3v) is 3.32. The van der Waals surface area contributed by atoms with Crippen molar-refractivity contribution in [3.05, 3.63) is 0 Å². The molecule has 0 aromatic heterocycles. The first-order valence-electron chi connectivity index (χ1n) is 6.21. The van der Waals surface area contributed by atoms with Crippen LogP contribution in [0.25, 0.3) is 0 Å². The second-order valence-electron chi connectivity index (χ2n) is 5.05. The van der Waals surface area contributed by atoms with Crippen molar-refractivity contribution in [3.63, 3.8) is 0 Å². The molecule has 1 amide bonds. The smallest absolute Gasteiger partial charge is 0.264 e. The van der Waals surface area contributed by atoms with Crippen molar-refractivity contribution in [2.75, 3.05) is 19.4 Å². The molecule has 0 aromatic carbocycles. The molecule has 1 atom stereocenters. The Morgan fingerprint density at radius 3 is 2.50 bits per heavy atom. The van der Waals surface area contributed by atoms with Crippen LogP contribution in [0.4, 0.5) is 0 Å². The Morgan fingerprint density at radius 1 is 1.39 bits per heavy atom. The normalized spacial score (nSPS) is 19.0. The molecule has 1 saturated heterocycles. The molecule has 0 aromatic rings. The summed E-state index contributed by atoms with van der Waals surface area (Å²) in [5.74, 6) is -0.0770. The summed E-state index contributed by atoms with van der Waals surface area (Å²) < 4.78 is 25.0. The van der Waals surface area contributed by atoms with Gasteiger partial charge in [0.15, 0.2) is 0 Å². The van der Waals surface area contributed by atoms with E-state index in [0.717, 1.165) is 19.1 Å². The molecule has 6 nitrogen and oxygen atoms in total. The van der Waals surface area contributed by atoms with Crippen LogP contribution in [0.3, 0.4) is 0 Å². The van der Waals surface area contributed by atoms with Crippen LogP contribution in [-0.2, 0) is 19.7 Å². The average molecular weight is 278 g/mol. The van der Waals surface area contributed by atoms with Crippen LogP contribution >= 0.6 is 0 Å². The number of nitrogens with one attached hydrogen (secondary N) is 1. The summed E-state index contributed by atoms with van der Waals surface area (Å²) in [7, 11) is -3.41. The maximum atomic E-state index is 12.2. The minimum absolute atomic E-state index is 0.220. The summed E-state index contributed by atoms with van der Waals surface area (Å²) in [5.41, 5.74) is 0. The Labute approximate surface area is 109 Å². The standard InChI is InChI=1S/C11H22N2O4S/c1-9(2)8-10(12-18(3,15)16)11(14)13-6-4-5-7-17-13/h9-10,12H,4-8H2,1-3H3. The van der Waals surface area contributed by atoms with Gasteiger partial charge in [-0.3, -0.25) is 9.63 Å². The van der Waals surface area contributed by atoms with Gasteiger partial charge in [-0.2, -0.15) is 0 Å². The minimum atomic E-state index is -3.41. The summed E-state index contributed by atoms with van der Waals surface area (Å²) >= 11 is 0. The first kappa shape index (κ1) is 15.4. The summed E-state index contributed by atoms with van der Waals surface area (Å²) in [6.45, 7) is 4.93. The third kappa shape index (κ3) is 5.32. The monoisotopic (exact) mass is 278 g/mol. The largest absolute Gasteiger partial charge is 0.271 e. The molecule has 1 heterocycles. The first-order valence-corrected chi connectivity index (χ1v) is 8.10. The van der Waals surface area contributed by atoms with Crippen LogP contribution in [0.15, 0.2) is 0 Å². The van der Waals surface area contributed by atoms with Gasteiger partial charge in [0.1, 0.15) is 6.04 Å². The van der Waals surface area contributed by atoms with Crippen molar-refractivity contribution in [1.29, 1.82) is 0 Å².